The van der Waals surface area contributed by atoms with Crippen molar-refractivity contribution in [3.63, 3.8) is 0 Å². The second kappa shape index (κ2) is 6.59. The van der Waals surface area contributed by atoms with Gasteiger partial charge in [-0.05, 0) is 24.3 Å². The largest absolute Gasteiger partial charge is 0.508 e. The zero-order chi connectivity index (χ0) is 13.7. The number of nitrogens with one attached hydrogen (secondary N) is 1. The van der Waals surface area contributed by atoms with Crippen LogP contribution in [0.15, 0.2) is 46.9 Å². The third kappa shape index (κ3) is 3.72. The molecule has 0 aliphatic rings. The first-order chi connectivity index (χ1) is 9.20. The summed E-state index contributed by atoms with van der Waals surface area (Å²) in [4.78, 5) is 0. The number of benzene rings is 2. The van der Waals surface area contributed by atoms with E-state index < -0.39 is 0 Å². The molecule has 0 aliphatic heterocycles. The Morgan fingerprint density at radius 1 is 1.11 bits per heavy atom. The lowest BCUT2D eigenvalue weighted by atomic mass is 10.1. The number of hydrogen-bond donors (Lipinski definition) is 2. The van der Waals surface area contributed by atoms with Crippen molar-refractivity contribution in [2.45, 2.75) is 13.1 Å². The highest BCUT2D eigenvalue weighted by molar-refractivity contribution is 9.10. The van der Waals surface area contributed by atoms with Gasteiger partial charge in [-0.25, -0.2) is 0 Å². The summed E-state index contributed by atoms with van der Waals surface area (Å²) in [6.07, 6.45) is 0. The summed E-state index contributed by atoms with van der Waals surface area (Å²) < 4.78 is 6.25. The number of methoxy groups -OCH3 is 1. The van der Waals surface area contributed by atoms with Crippen LogP contribution in [0.2, 0.25) is 0 Å². The second-order valence-electron chi connectivity index (χ2n) is 4.19. The van der Waals surface area contributed by atoms with Gasteiger partial charge >= 0.3 is 0 Å². The number of rotatable bonds is 5. The van der Waals surface area contributed by atoms with Crippen LogP contribution in [0.4, 0.5) is 0 Å². The molecule has 0 aliphatic carbocycles. The van der Waals surface area contributed by atoms with Crippen LogP contribution in [0.5, 0.6) is 11.5 Å². The van der Waals surface area contributed by atoms with Gasteiger partial charge < -0.3 is 15.2 Å². The van der Waals surface area contributed by atoms with E-state index in [1.165, 1.54) is 0 Å². The fraction of sp³-hybridized carbons (Fsp3) is 0.200. The molecule has 2 aromatic carbocycles. The lowest BCUT2D eigenvalue weighted by Crippen LogP contribution is -2.13. The van der Waals surface area contributed by atoms with Crippen LogP contribution in [0, 0.1) is 0 Å². The summed E-state index contributed by atoms with van der Waals surface area (Å²) in [5.74, 6) is 1.17. The SMILES string of the molecule is COc1ccccc1CNCc1cc(Br)ccc1O. The first-order valence-corrected chi connectivity index (χ1v) is 6.80. The monoisotopic (exact) mass is 321 g/mol. The van der Waals surface area contributed by atoms with Crippen molar-refractivity contribution >= 4 is 15.9 Å². The minimum absolute atomic E-state index is 0.302. The van der Waals surface area contributed by atoms with Gasteiger partial charge in [0, 0.05) is 28.7 Å². The summed E-state index contributed by atoms with van der Waals surface area (Å²) in [5, 5.41) is 13.0. The van der Waals surface area contributed by atoms with Gasteiger partial charge in [-0.3, -0.25) is 0 Å². The van der Waals surface area contributed by atoms with Gasteiger partial charge in [-0.15, -0.1) is 0 Å². The van der Waals surface area contributed by atoms with Gasteiger partial charge in [0.05, 0.1) is 7.11 Å². The molecule has 0 aromatic heterocycles. The molecule has 0 atom stereocenters. The van der Waals surface area contributed by atoms with Gasteiger partial charge in [0.25, 0.3) is 0 Å². The fourth-order valence-corrected chi connectivity index (χ4v) is 2.29. The molecular formula is C15H16BrNO2. The molecule has 0 bridgehead atoms. The van der Waals surface area contributed by atoms with Crippen LogP contribution < -0.4 is 10.1 Å². The second-order valence-corrected chi connectivity index (χ2v) is 5.10. The Hall–Kier alpha value is -1.52. The van der Waals surface area contributed by atoms with Crippen molar-refractivity contribution in [1.29, 1.82) is 0 Å². The Morgan fingerprint density at radius 2 is 1.84 bits per heavy atom. The predicted molar refractivity (Wildman–Crippen MR) is 79.3 cm³/mol. The molecule has 2 aromatic rings. The lowest BCUT2D eigenvalue weighted by molar-refractivity contribution is 0.407. The fourth-order valence-electron chi connectivity index (χ4n) is 1.88. The van der Waals surface area contributed by atoms with Crippen LogP contribution in [-0.4, -0.2) is 12.2 Å². The summed E-state index contributed by atoms with van der Waals surface area (Å²) in [6.45, 7) is 1.29. The van der Waals surface area contributed by atoms with E-state index in [0.29, 0.717) is 18.8 Å². The molecule has 3 nitrogen and oxygen atoms in total. The molecule has 100 valence electrons. The van der Waals surface area contributed by atoms with E-state index in [1.807, 2.05) is 36.4 Å². The van der Waals surface area contributed by atoms with Crippen molar-refractivity contribution in [2.75, 3.05) is 7.11 Å². The summed E-state index contributed by atoms with van der Waals surface area (Å²) >= 11 is 3.40. The molecule has 0 saturated heterocycles. The normalized spacial score (nSPS) is 10.4. The first kappa shape index (κ1) is 13.9. The van der Waals surface area contributed by atoms with E-state index in [0.717, 1.165) is 21.3 Å². The summed E-state index contributed by atoms with van der Waals surface area (Å²) in [7, 11) is 1.67. The summed E-state index contributed by atoms with van der Waals surface area (Å²) in [6, 6.07) is 13.3. The van der Waals surface area contributed by atoms with Crippen molar-refractivity contribution in [3.8, 4) is 11.5 Å². The Kier molecular flexibility index (Phi) is 4.82. The third-order valence-electron chi connectivity index (χ3n) is 2.86. The van der Waals surface area contributed by atoms with Gasteiger partial charge in [0.15, 0.2) is 0 Å². The minimum Gasteiger partial charge on any atom is -0.508 e. The molecule has 0 spiro atoms. The molecule has 2 N–H and O–H groups in total. The predicted octanol–water partition coefficient (Wildman–Crippen LogP) is 3.45. The molecule has 2 rings (SSSR count). The molecule has 0 saturated carbocycles. The van der Waals surface area contributed by atoms with Crippen LogP contribution in [0.25, 0.3) is 0 Å². The van der Waals surface area contributed by atoms with Gasteiger partial charge in [-0.1, -0.05) is 34.1 Å². The van der Waals surface area contributed by atoms with Crippen molar-refractivity contribution in [1.82, 2.24) is 5.32 Å². The number of phenolic OH excluding ortho intramolecular Hbond substituents is 1. The van der Waals surface area contributed by atoms with Gasteiger partial charge in [0.1, 0.15) is 11.5 Å². The van der Waals surface area contributed by atoms with Crippen molar-refractivity contribution in [3.05, 3.63) is 58.1 Å². The zero-order valence-electron chi connectivity index (χ0n) is 10.7. The smallest absolute Gasteiger partial charge is 0.123 e. The first-order valence-electron chi connectivity index (χ1n) is 6.00. The van der Waals surface area contributed by atoms with E-state index in [2.05, 4.69) is 21.2 Å². The number of phenols is 1. The van der Waals surface area contributed by atoms with E-state index >= 15 is 0 Å². The molecule has 0 amide bonds. The van der Waals surface area contributed by atoms with Gasteiger partial charge in [0.2, 0.25) is 0 Å². The Balaban J connectivity index is 1.98. The maximum Gasteiger partial charge on any atom is 0.123 e. The Bertz CT molecular complexity index is 558. The molecule has 0 unspecified atom stereocenters. The Labute approximate surface area is 121 Å². The molecule has 0 radical (unpaired) electrons. The number of aromatic hydroxyl groups is 1. The highest BCUT2D eigenvalue weighted by Gasteiger charge is 2.04. The molecule has 0 fully saturated rings. The standard InChI is InChI=1S/C15H16BrNO2/c1-19-15-5-3-2-4-11(15)9-17-10-12-8-13(16)6-7-14(12)18/h2-8,17-18H,9-10H2,1H3. The maximum absolute atomic E-state index is 9.75. The average Bonchev–Trinajstić information content (AvgIpc) is 2.43. The number of ether oxygens (including phenoxy) is 1. The van der Waals surface area contributed by atoms with Crippen LogP contribution in [0.3, 0.4) is 0 Å². The molecule has 4 heteroatoms. The maximum atomic E-state index is 9.75. The van der Waals surface area contributed by atoms with Crippen LogP contribution >= 0.6 is 15.9 Å². The lowest BCUT2D eigenvalue weighted by Gasteiger charge is -2.10. The highest BCUT2D eigenvalue weighted by Crippen LogP contribution is 2.22. The number of hydrogen-bond acceptors (Lipinski definition) is 3. The van der Waals surface area contributed by atoms with Crippen LogP contribution in [-0.2, 0) is 13.1 Å². The quantitative estimate of drug-likeness (QED) is 0.886. The third-order valence-corrected chi connectivity index (χ3v) is 3.36. The van der Waals surface area contributed by atoms with Crippen molar-refractivity contribution < 1.29 is 9.84 Å². The summed E-state index contributed by atoms with van der Waals surface area (Å²) in [5.41, 5.74) is 1.96. The molecular weight excluding hydrogens is 306 g/mol. The topological polar surface area (TPSA) is 41.5 Å². The van der Waals surface area contributed by atoms with E-state index in [-0.39, 0.29) is 0 Å². The van der Waals surface area contributed by atoms with E-state index in [4.69, 9.17) is 4.74 Å². The van der Waals surface area contributed by atoms with Gasteiger partial charge in [-0.2, -0.15) is 0 Å². The minimum atomic E-state index is 0.302. The average molecular weight is 322 g/mol. The number of halogens is 1. The van der Waals surface area contributed by atoms with Crippen LogP contribution in [0.1, 0.15) is 11.1 Å². The van der Waals surface area contributed by atoms with Crippen molar-refractivity contribution in [2.24, 2.45) is 0 Å². The van der Waals surface area contributed by atoms with E-state index in [1.54, 1.807) is 13.2 Å². The molecule has 0 heterocycles. The number of para-hydroxylation sites is 1. The Morgan fingerprint density at radius 3 is 2.63 bits per heavy atom. The highest BCUT2D eigenvalue weighted by atomic mass is 79.9. The molecule has 19 heavy (non-hydrogen) atoms. The van der Waals surface area contributed by atoms with E-state index in [9.17, 15) is 5.11 Å². The zero-order valence-corrected chi connectivity index (χ0v) is 12.3.